The molecule has 0 aromatic heterocycles. The Morgan fingerprint density at radius 3 is 2.87 bits per heavy atom. The van der Waals surface area contributed by atoms with Gasteiger partial charge in [-0.05, 0) is 31.6 Å². The molecule has 3 heterocycles. The number of urea groups is 1. The van der Waals surface area contributed by atoms with E-state index in [-0.39, 0.29) is 17.7 Å². The van der Waals surface area contributed by atoms with Crippen molar-refractivity contribution in [1.29, 1.82) is 0 Å². The standard InChI is InChI=1S/C17H30N2O4/c1-18(2)16(20)19-7-3-6-17(13-19)10-15(12-23-17)22-11-14-4-8-21-9-5-14/h14-15H,3-13H2,1-2H3/t15-,17+/m1/s1. The normalized spacial score (nSPS) is 32.4. The van der Waals surface area contributed by atoms with Crippen LogP contribution in [-0.2, 0) is 14.2 Å². The predicted molar refractivity (Wildman–Crippen MR) is 86.5 cm³/mol. The minimum absolute atomic E-state index is 0.0826. The Kier molecular flexibility index (Phi) is 5.44. The van der Waals surface area contributed by atoms with Gasteiger partial charge in [0.1, 0.15) is 0 Å². The fourth-order valence-corrected chi connectivity index (χ4v) is 3.92. The molecule has 3 aliphatic rings. The average Bonchev–Trinajstić information content (AvgIpc) is 2.95. The van der Waals surface area contributed by atoms with E-state index >= 15 is 0 Å². The lowest BCUT2D eigenvalue weighted by molar-refractivity contribution is -0.0463. The van der Waals surface area contributed by atoms with Crippen molar-refractivity contribution in [3.63, 3.8) is 0 Å². The molecule has 0 aromatic rings. The molecule has 3 saturated heterocycles. The van der Waals surface area contributed by atoms with Crippen LogP contribution in [0.15, 0.2) is 0 Å². The number of carbonyl (C=O) groups excluding carboxylic acids is 1. The molecule has 0 unspecified atom stereocenters. The average molecular weight is 326 g/mol. The lowest BCUT2D eigenvalue weighted by Crippen LogP contribution is -2.52. The number of hydrogen-bond donors (Lipinski definition) is 0. The summed E-state index contributed by atoms with van der Waals surface area (Å²) < 4.78 is 17.6. The van der Waals surface area contributed by atoms with Crippen molar-refractivity contribution < 1.29 is 19.0 Å². The zero-order valence-electron chi connectivity index (χ0n) is 14.5. The van der Waals surface area contributed by atoms with Gasteiger partial charge in [0, 0.05) is 40.3 Å². The summed E-state index contributed by atoms with van der Waals surface area (Å²) in [6, 6.07) is 0.0826. The second kappa shape index (κ2) is 7.36. The molecular weight excluding hydrogens is 296 g/mol. The van der Waals surface area contributed by atoms with Crippen molar-refractivity contribution in [2.45, 2.75) is 43.8 Å². The zero-order valence-corrected chi connectivity index (χ0v) is 14.5. The van der Waals surface area contributed by atoms with Crippen LogP contribution in [0.5, 0.6) is 0 Å². The molecule has 3 fully saturated rings. The highest BCUT2D eigenvalue weighted by Gasteiger charge is 2.45. The molecule has 0 saturated carbocycles. The molecule has 3 rings (SSSR count). The summed E-state index contributed by atoms with van der Waals surface area (Å²) >= 11 is 0. The Bertz CT molecular complexity index is 411. The minimum atomic E-state index is -0.190. The SMILES string of the molecule is CN(C)C(=O)N1CCC[C@]2(C[C@@H](OCC3CCOCC3)CO2)C1. The van der Waals surface area contributed by atoms with Crippen LogP contribution >= 0.6 is 0 Å². The molecule has 6 heteroatoms. The molecule has 2 amide bonds. The van der Waals surface area contributed by atoms with E-state index in [9.17, 15) is 4.79 Å². The Hall–Kier alpha value is -0.850. The maximum Gasteiger partial charge on any atom is 0.319 e. The first-order valence-electron chi connectivity index (χ1n) is 8.87. The van der Waals surface area contributed by atoms with Crippen LogP contribution in [0.4, 0.5) is 4.79 Å². The van der Waals surface area contributed by atoms with Gasteiger partial charge in [0.05, 0.1) is 31.5 Å². The fraction of sp³-hybridized carbons (Fsp3) is 0.941. The first kappa shape index (κ1) is 17.0. The molecule has 6 nitrogen and oxygen atoms in total. The van der Waals surface area contributed by atoms with Gasteiger partial charge in [0.25, 0.3) is 0 Å². The third-order valence-electron chi connectivity index (χ3n) is 5.28. The van der Waals surface area contributed by atoms with Gasteiger partial charge in [0.2, 0.25) is 0 Å². The number of amides is 2. The number of rotatable bonds is 3. The van der Waals surface area contributed by atoms with E-state index in [1.54, 1.807) is 19.0 Å². The largest absolute Gasteiger partial charge is 0.381 e. The fourth-order valence-electron chi connectivity index (χ4n) is 3.92. The Morgan fingerprint density at radius 1 is 1.35 bits per heavy atom. The van der Waals surface area contributed by atoms with Gasteiger partial charge in [-0.15, -0.1) is 0 Å². The van der Waals surface area contributed by atoms with Gasteiger partial charge < -0.3 is 24.0 Å². The molecule has 1 spiro atoms. The van der Waals surface area contributed by atoms with Crippen molar-refractivity contribution in [1.82, 2.24) is 9.80 Å². The van der Waals surface area contributed by atoms with E-state index in [4.69, 9.17) is 14.2 Å². The van der Waals surface area contributed by atoms with E-state index < -0.39 is 0 Å². The molecule has 0 aliphatic carbocycles. The summed E-state index contributed by atoms with van der Waals surface area (Å²) in [7, 11) is 3.61. The maximum atomic E-state index is 12.2. The number of carbonyl (C=O) groups is 1. The van der Waals surface area contributed by atoms with Gasteiger partial charge >= 0.3 is 6.03 Å². The highest BCUT2D eigenvalue weighted by molar-refractivity contribution is 5.74. The maximum absolute atomic E-state index is 12.2. The monoisotopic (exact) mass is 326 g/mol. The second-order valence-corrected chi connectivity index (χ2v) is 7.41. The molecule has 0 aromatic carbocycles. The summed E-state index contributed by atoms with van der Waals surface area (Å²) in [6.07, 6.45) is 5.32. The number of hydrogen-bond acceptors (Lipinski definition) is 4. The number of nitrogens with zero attached hydrogens (tertiary/aromatic N) is 2. The van der Waals surface area contributed by atoms with E-state index in [1.165, 1.54) is 0 Å². The van der Waals surface area contributed by atoms with Gasteiger partial charge in [-0.2, -0.15) is 0 Å². The summed E-state index contributed by atoms with van der Waals surface area (Å²) in [6.45, 7) is 4.72. The van der Waals surface area contributed by atoms with Crippen LogP contribution in [-0.4, -0.2) is 81.1 Å². The first-order valence-corrected chi connectivity index (χ1v) is 8.87. The second-order valence-electron chi connectivity index (χ2n) is 7.41. The lowest BCUT2D eigenvalue weighted by atomic mass is 9.89. The number of likely N-dealkylation sites (tertiary alicyclic amines) is 1. The van der Waals surface area contributed by atoms with Crippen molar-refractivity contribution in [3.05, 3.63) is 0 Å². The van der Waals surface area contributed by atoms with Crippen LogP contribution in [0.1, 0.15) is 32.1 Å². The summed E-state index contributed by atoms with van der Waals surface area (Å²) in [5.41, 5.74) is -0.190. The molecule has 2 atom stereocenters. The summed E-state index contributed by atoms with van der Waals surface area (Å²) in [4.78, 5) is 15.8. The van der Waals surface area contributed by atoms with Crippen molar-refractivity contribution >= 4 is 6.03 Å². The van der Waals surface area contributed by atoms with Gasteiger partial charge in [-0.1, -0.05) is 0 Å². The van der Waals surface area contributed by atoms with E-state index in [0.717, 1.165) is 58.5 Å². The van der Waals surface area contributed by atoms with Crippen molar-refractivity contribution in [2.24, 2.45) is 5.92 Å². The molecule has 132 valence electrons. The topological polar surface area (TPSA) is 51.2 Å². The van der Waals surface area contributed by atoms with Crippen molar-refractivity contribution in [3.8, 4) is 0 Å². The van der Waals surface area contributed by atoms with Crippen LogP contribution < -0.4 is 0 Å². The Labute approximate surface area is 139 Å². The molecule has 3 aliphatic heterocycles. The van der Waals surface area contributed by atoms with Gasteiger partial charge in [0.15, 0.2) is 0 Å². The van der Waals surface area contributed by atoms with Crippen LogP contribution in [0.25, 0.3) is 0 Å². The molecule has 0 radical (unpaired) electrons. The molecule has 0 N–H and O–H groups in total. The Morgan fingerprint density at radius 2 is 2.13 bits per heavy atom. The third kappa shape index (κ3) is 4.17. The first-order chi connectivity index (χ1) is 11.1. The van der Waals surface area contributed by atoms with Crippen LogP contribution in [0.3, 0.4) is 0 Å². The quantitative estimate of drug-likeness (QED) is 0.793. The van der Waals surface area contributed by atoms with Crippen LogP contribution in [0, 0.1) is 5.92 Å². The third-order valence-corrected chi connectivity index (χ3v) is 5.28. The number of piperidine rings is 1. The highest BCUT2D eigenvalue weighted by Crippen LogP contribution is 2.36. The van der Waals surface area contributed by atoms with Gasteiger partial charge in [-0.3, -0.25) is 0 Å². The minimum Gasteiger partial charge on any atom is -0.381 e. The Balaban J connectivity index is 1.48. The molecule has 23 heavy (non-hydrogen) atoms. The van der Waals surface area contributed by atoms with Crippen molar-refractivity contribution in [2.75, 3.05) is 53.6 Å². The smallest absolute Gasteiger partial charge is 0.319 e. The number of ether oxygens (including phenoxy) is 3. The van der Waals surface area contributed by atoms with E-state index in [1.807, 2.05) is 4.90 Å². The highest BCUT2D eigenvalue weighted by atomic mass is 16.6. The molecular formula is C17H30N2O4. The van der Waals surface area contributed by atoms with Gasteiger partial charge in [-0.25, -0.2) is 4.79 Å². The molecule has 0 bridgehead atoms. The van der Waals surface area contributed by atoms with E-state index in [2.05, 4.69) is 0 Å². The van der Waals surface area contributed by atoms with E-state index in [0.29, 0.717) is 19.1 Å². The summed E-state index contributed by atoms with van der Waals surface area (Å²) in [5, 5.41) is 0. The zero-order chi connectivity index (χ0) is 16.3. The van der Waals surface area contributed by atoms with Crippen LogP contribution in [0.2, 0.25) is 0 Å². The predicted octanol–water partition coefficient (Wildman–Crippen LogP) is 1.73. The summed E-state index contributed by atoms with van der Waals surface area (Å²) in [5.74, 6) is 0.624. The lowest BCUT2D eigenvalue weighted by Gasteiger charge is -2.40.